The highest BCUT2D eigenvalue weighted by Crippen LogP contribution is 2.32. The first-order valence-electron chi connectivity index (χ1n) is 4.23. The molecule has 0 aliphatic carbocycles. The minimum absolute atomic E-state index is 0.164. The molecule has 15 heavy (non-hydrogen) atoms. The lowest BCUT2D eigenvalue weighted by atomic mass is 10.1. The Kier molecular flexibility index (Phi) is 3.32. The highest BCUT2D eigenvalue weighted by Gasteiger charge is 2.13. The van der Waals surface area contributed by atoms with E-state index in [2.05, 4.69) is 27.6 Å². The van der Waals surface area contributed by atoms with Crippen LogP contribution < -0.4 is 0 Å². The molecule has 1 N–H and O–H groups in total. The molecule has 0 spiro atoms. The Morgan fingerprint density at radius 2 is 2.13 bits per heavy atom. The molecule has 0 saturated carbocycles. The molecule has 1 heterocycles. The van der Waals surface area contributed by atoms with E-state index < -0.39 is 0 Å². The molecule has 78 valence electrons. The number of rotatable bonds is 2. The lowest BCUT2D eigenvalue weighted by Crippen LogP contribution is -1.88. The van der Waals surface area contributed by atoms with Gasteiger partial charge < -0.3 is 5.11 Å². The number of hydrogen-bond donors (Lipinski definition) is 1. The molecule has 0 unspecified atom stereocenters. The third-order valence-electron chi connectivity index (χ3n) is 1.94. The number of aliphatic hydroxyl groups is 1. The van der Waals surface area contributed by atoms with Gasteiger partial charge in [0.1, 0.15) is 5.82 Å². The van der Waals surface area contributed by atoms with E-state index in [1.807, 2.05) is 0 Å². The smallest absolute Gasteiger partial charge is 0.154 e. The Morgan fingerprint density at radius 1 is 1.40 bits per heavy atom. The van der Waals surface area contributed by atoms with Crippen molar-refractivity contribution in [2.45, 2.75) is 6.61 Å². The first-order valence-corrected chi connectivity index (χ1v) is 6.13. The predicted molar refractivity (Wildman–Crippen MR) is 66.1 cm³/mol. The maximum atomic E-state index is 13.5. The van der Waals surface area contributed by atoms with Crippen molar-refractivity contribution >= 4 is 33.9 Å². The molecule has 1 aromatic heterocycles. The van der Waals surface area contributed by atoms with Crippen molar-refractivity contribution in [2.75, 3.05) is 0 Å². The zero-order chi connectivity index (χ0) is 10.8. The van der Waals surface area contributed by atoms with Crippen molar-refractivity contribution in [3.63, 3.8) is 0 Å². The average molecular weight is 335 g/mol. The molecule has 1 aromatic carbocycles. The van der Waals surface area contributed by atoms with Gasteiger partial charge in [0, 0.05) is 5.56 Å². The topological polar surface area (TPSA) is 33.1 Å². The molecule has 0 bridgehead atoms. The first kappa shape index (κ1) is 11.0. The zero-order valence-electron chi connectivity index (χ0n) is 7.58. The van der Waals surface area contributed by atoms with Crippen molar-refractivity contribution in [1.29, 1.82) is 0 Å². The highest BCUT2D eigenvalue weighted by atomic mass is 127. The predicted octanol–water partition coefficient (Wildman–Crippen LogP) is 3.05. The molecule has 5 heteroatoms. The van der Waals surface area contributed by atoms with E-state index in [1.165, 1.54) is 17.4 Å². The summed E-state index contributed by atoms with van der Waals surface area (Å²) in [5, 5.41) is 9.10. The largest absolute Gasteiger partial charge is 0.390 e. The van der Waals surface area contributed by atoms with E-state index in [0.717, 1.165) is 3.01 Å². The molecular weight excluding hydrogens is 328 g/mol. The average Bonchev–Trinajstić information content (AvgIpc) is 2.60. The van der Waals surface area contributed by atoms with Gasteiger partial charge in [-0.05, 0) is 28.7 Å². The first-order chi connectivity index (χ1) is 7.22. The van der Waals surface area contributed by atoms with Crippen LogP contribution in [0.2, 0.25) is 0 Å². The molecule has 2 nitrogen and oxygen atoms in total. The van der Waals surface area contributed by atoms with Crippen LogP contribution in [-0.4, -0.2) is 10.1 Å². The lowest BCUT2D eigenvalue weighted by Gasteiger charge is -2.00. The highest BCUT2D eigenvalue weighted by molar-refractivity contribution is 14.1. The summed E-state index contributed by atoms with van der Waals surface area (Å²) in [5.41, 5.74) is 1.04. The van der Waals surface area contributed by atoms with Gasteiger partial charge in [0.25, 0.3) is 0 Å². The van der Waals surface area contributed by atoms with E-state index >= 15 is 0 Å². The van der Waals surface area contributed by atoms with Gasteiger partial charge in [0.2, 0.25) is 0 Å². The lowest BCUT2D eigenvalue weighted by molar-refractivity contribution is 0.278. The van der Waals surface area contributed by atoms with E-state index in [1.54, 1.807) is 18.2 Å². The molecule has 2 aromatic rings. The van der Waals surface area contributed by atoms with Crippen molar-refractivity contribution in [1.82, 2.24) is 4.98 Å². The minimum atomic E-state index is -0.285. The van der Waals surface area contributed by atoms with Crippen LogP contribution in [0.5, 0.6) is 0 Å². The molecule has 0 fully saturated rings. The van der Waals surface area contributed by atoms with Gasteiger partial charge >= 0.3 is 0 Å². The normalized spacial score (nSPS) is 10.6. The quantitative estimate of drug-likeness (QED) is 0.856. The summed E-state index contributed by atoms with van der Waals surface area (Å²) < 4.78 is 14.3. The van der Waals surface area contributed by atoms with Crippen LogP contribution in [0, 0.1) is 8.83 Å². The van der Waals surface area contributed by atoms with Crippen LogP contribution in [0.3, 0.4) is 0 Å². The van der Waals surface area contributed by atoms with Gasteiger partial charge in [-0.25, -0.2) is 9.37 Å². The van der Waals surface area contributed by atoms with Crippen molar-refractivity contribution in [3.05, 3.63) is 38.8 Å². The van der Waals surface area contributed by atoms with E-state index in [4.69, 9.17) is 5.11 Å². The van der Waals surface area contributed by atoms with E-state index in [0.29, 0.717) is 16.1 Å². The summed E-state index contributed by atoms with van der Waals surface area (Å²) >= 11 is 3.44. The van der Waals surface area contributed by atoms with Crippen LogP contribution in [-0.2, 0) is 6.61 Å². The van der Waals surface area contributed by atoms with Crippen molar-refractivity contribution < 1.29 is 9.50 Å². The minimum Gasteiger partial charge on any atom is -0.390 e. The second-order valence-electron chi connectivity index (χ2n) is 2.88. The van der Waals surface area contributed by atoms with Crippen LogP contribution in [0.15, 0.2) is 24.3 Å². The molecule has 0 atom stereocenters. The van der Waals surface area contributed by atoms with Crippen molar-refractivity contribution in [2.24, 2.45) is 0 Å². The van der Waals surface area contributed by atoms with Crippen LogP contribution in [0.25, 0.3) is 10.4 Å². The number of aliphatic hydroxyl groups excluding tert-OH is 1. The molecule has 0 saturated heterocycles. The SMILES string of the molecule is OCc1nc(I)sc1-c1ccccc1F. The molecule has 0 aliphatic heterocycles. The van der Waals surface area contributed by atoms with Gasteiger partial charge in [0.05, 0.1) is 17.2 Å². The Bertz CT molecular complexity index is 486. The number of halogens is 2. The molecule has 0 radical (unpaired) electrons. The summed E-state index contributed by atoms with van der Waals surface area (Å²) in [6.07, 6.45) is 0. The third kappa shape index (κ3) is 2.19. The molecule has 0 amide bonds. The Hall–Kier alpha value is -0.530. The second kappa shape index (κ2) is 4.54. The fraction of sp³-hybridized carbons (Fsp3) is 0.100. The zero-order valence-corrected chi connectivity index (χ0v) is 10.5. The Morgan fingerprint density at radius 3 is 2.80 bits per heavy atom. The number of aromatic nitrogens is 1. The molecule has 2 rings (SSSR count). The summed E-state index contributed by atoms with van der Waals surface area (Å²) in [4.78, 5) is 4.84. The molecule has 0 aliphatic rings. The second-order valence-corrected chi connectivity index (χ2v) is 5.63. The van der Waals surface area contributed by atoms with Gasteiger partial charge in [0.15, 0.2) is 3.01 Å². The number of nitrogens with zero attached hydrogens (tertiary/aromatic N) is 1. The van der Waals surface area contributed by atoms with E-state index in [-0.39, 0.29) is 12.4 Å². The van der Waals surface area contributed by atoms with Crippen LogP contribution >= 0.6 is 33.9 Å². The van der Waals surface area contributed by atoms with Crippen LogP contribution in [0.4, 0.5) is 4.39 Å². The summed E-state index contributed by atoms with van der Waals surface area (Å²) in [7, 11) is 0. The monoisotopic (exact) mass is 335 g/mol. The van der Waals surface area contributed by atoms with Crippen molar-refractivity contribution in [3.8, 4) is 10.4 Å². The number of benzene rings is 1. The van der Waals surface area contributed by atoms with Gasteiger partial charge in [-0.2, -0.15) is 0 Å². The van der Waals surface area contributed by atoms with Crippen LogP contribution in [0.1, 0.15) is 5.69 Å². The standard InChI is InChI=1S/C10H7FINOS/c11-7-4-2-1-3-6(7)9-8(5-14)13-10(12)15-9/h1-4,14H,5H2. The maximum Gasteiger partial charge on any atom is 0.154 e. The van der Waals surface area contributed by atoms with E-state index in [9.17, 15) is 4.39 Å². The molecular formula is C10H7FINOS. The summed E-state index contributed by atoms with van der Waals surface area (Å²) in [6.45, 7) is -0.164. The van der Waals surface area contributed by atoms with Gasteiger partial charge in [-0.1, -0.05) is 18.2 Å². The fourth-order valence-corrected chi connectivity index (χ4v) is 3.07. The number of thiazole rings is 1. The van der Waals surface area contributed by atoms with Gasteiger partial charge in [-0.3, -0.25) is 0 Å². The number of hydrogen-bond acceptors (Lipinski definition) is 3. The fourth-order valence-electron chi connectivity index (χ4n) is 1.29. The maximum absolute atomic E-state index is 13.5. The van der Waals surface area contributed by atoms with Gasteiger partial charge in [-0.15, -0.1) is 11.3 Å². The summed E-state index contributed by atoms with van der Waals surface area (Å²) in [6, 6.07) is 6.51. The Labute approximate surface area is 104 Å². The third-order valence-corrected chi connectivity index (χ3v) is 3.76. The summed E-state index contributed by atoms with van der Waals surface area (Å²) in [5.74, 6) is -0.285. The Balaban J connectivity index is 2.58.